The van der Waals surface area contributed by atoms with Crippen molar-refractivity contribution in [1.29, 1.82) is 0 Å². The van der Waals surface area contributed by atoms with Crippen LogP contribution in [0.25, 0.3) is 0 Å². The lowest BCUT2D eigenvalue weighted by Gasteiger charge is -2.14. The molecule has 0 bridgehead atoms. The van der Waals surface area contributed by atoms with Crippen LogP contribution in [0.3, 0.4) is 0 Å². The van der Waals surface area contributed by atoms with Crippen molar-refractivity contribution < 1.29 is 47.6 Å². The second-order valence-corrected chi connectivity index (χ2v) is 8.22. The van der Waals surface area contributed by atoms with Crippen LogP contribution in [0.4, 0.5) is 0 Å². The van der Waals surface area contributed by atoms with Gasteiger partial charge in [0, 0.05) is 22.3 Å². The fourth-order valence-corrected chi connectivity index (χ4v) is 3.71. The van der Waals surface area contributed by atoms with E-state index in [0.717, 1.165) is 0 Å². The molecule has 0 unspecified atom stereocenters. The highest BCUT2D eigenvalue weighted by Gasteiger charge is 2.19. The highest BCUT2D eigenvalue weighted by molar-refractivity contribution is 6.02. The van der Waals surface area contributed by atoms with E-state index in [1.807, 2.05) is 0 Å². The van der Waals surface area contributed by atoms with Crippen molar-refractivity contribution in [3.8, 4) is 34.5 Å². The average molecular weight is 583 g/mol. The monoisotopic (exact) mass is 582 g/mol. The first kappa shape index (κ1) is 30.9. The molecule has 0 aliphatic rings. The lowest BCUT2D eigenvalue weighted by molar-refractivity contribution is 0.0844. The molecule has 0 aliphatic heterocycles. The summed E-state index contributed by atoms with van der Waals surface area (Å²) < 4.78 is 31.4. The van der Waals surface area contributed by atoms with Gasteiger partial charge in [-0.15, -0.1) is 0 Å². The van der Waals surface area contributed by atoms with Crippen molar-refractivity contribution in [1.82, 2.24) is 21.7 Å². The number of hydrazine groups is 2. The fraction of sp³-hybridized carbons (Fsp3) is 0.214. The van der Waals surface area contributed by atoms with Gasteiger partial charge in [0.1, 0.15) is 0 Å². The van der Waals surface area contributed by atoms with Gasteiger partial charge in [0.2, 0.25) is 11.5 Å². The summed E-state index contributed by atoms with van der Waals surface area (Å²) in [5.74, 6) is -0.872. The number of rotatable bonds is 10. The number of carbonyl (C=O) groups is 4. The van der Waals surface area contributed by atoms with Crippen molar-refractivity contribution in [3.63, 3.8) is 0 Å². The van der Waals surface area contributed by atoms with Crippen LogP contribution in [-0.2, 0) is 0 Å². The largest absolute Gasteiger partial charge is 0.493 e. The molecule has 3 aromatic carbocycles. The van der Waals surface area contributed by atoms with Crippen LogP contribution < -0.4 is 50.1 Å². The summed E-state index contributed by atoms with van der Waals surface area (Å²) in [6.45, 7) is 0. The number of hydrogen-bond acceptors (Lipinski definition) is 10. The maximum absolute atomic E-state index is 12.6. The topological polar surface area (TPSA) is 172 Å². The number of nitrogens with one attached hydrogen (secondary N) is 4. The first-order valence-corrected chi connectivity index (χ1v) is 12.1. The molecule has 0 heterocycles. The van der Waals surface area contributed by atoms with E-state index >= 15 is 0 Å². The van der Waals surface area contributed by atoms with E-state index in [1.165, 1.54) is 91.2 Å². The lowest BCUT2D eigenvalue weighted by Crippen LogP contribution is -2.42. The van der Waals surface area contributed by atoms with Gasteiger partial charge in [0.15, 0.2) is 23.0 Å². The van der Waals surface area contributed by atoms with Gasteiger partial charge in [0.05, 0.1) is 42.7 Å². The summed E-state index contributed by atoms with van der Waals surface area (Å²) in [6, 6.07) is 11.2. The fourth-order valence-electron chi connectivity index (χ4n) is 3.71. The smallest absolute Gasteiger partial charge is 0.269 e. The molecule has 0 spiro atoms. The minimum Gasteiger partial charge on any atom is -0.493 e. The molecule has 3 aromatic rings. The Labute approximate surface area is 241 Å². The number of amides is 4. The molecule has 14 heteroatoms. The number of ether oxygens (including phenoxy) is 6. The van der Waals surface area contributed by atoms with Crippen LogP contribution in [0.1, 0.15) is 41.4 Å². The summed E-state index contributed by atoms with van der Waals surface area (Å²) in [5.41, 5.74) is 9.79. The third kappa shape index (κ3) is 6.91. The maximum atomic E-state index is 12.6. The van der Waals surface area contributed by atoms with Gasteiger partial charge in [-0.05, 0) is 48.5 Å². The first-order valence-electron chi connectivity index (χ1n) is 12.1. The Hall–Kier alpha value is -5.66. The van der Waals surface area contributed by atoms with Crippen LogP contribution in [-0.4, -0.2) is 66.3 Å². The molecule has 222 valence electrons. The molecule has 14 nitrogen and oxygen atoms in total. The van der Waals surface area contributed by atoms with Crippen LogP contribution >= 0.6 is 0 Å². The Morgan fingerprint density at radius 1 is 0.405 bits per heavy atom. The van der Waals surface area contributed by atoms with Gasteiger partial charge in [-0.3, -0.25) is 40.9 Å². The maximum Gasteiger partial charge on any atom is 0.269 e. The Balaban J connectivity index is 1.59. The van der Waals surface area contributed by atoms with Crippen LogP contribution in [0, 0.1) is 0 Å². The third-order valence-electron chi connectivity index (χ3n) is 5.84. The quantitative estimate of drug-likeness (QED) is 0.259. The molecule has 0 fully saturated rings. The Kier molecular flexibility index (Phi) is 10.4. The second-order valence-electron chi connectivity index (χ2n) is 8.22. The van der Waals surface area contributed by atoms with E-state index in [1.54, 1.807) is 0 Å². The predicted octanol–water partition coefficient (Wildman–Crippen LogP) is 1.89. The van der Waals surface area contributed by atoms with Crippen molar-refractivity contribution >= 4 is 23.6 Å². The average Bonchev–Trinajstić information content (AvgIpc) is 3.03. The number of carbonyl (C=O) groups excluding carboxylic acids is 4. The Morgan fingerprint density at radius 2 is 0.643 bits per heavy atom. The summed E-state index contributed by atoms with van der Waals surface area (Å²) in [5, 5.41) is 0. The van der Waals surface area contributed by atoms with E-state index in [9.17, 15) is 19.2 Å². The standard InChI is InChI=1S/C28H30N4O10/c1-37-19-11-17(12-20(38-2)23(19)41-5)27(35)31-29-25(33)15-7-9-16(10-8-15)26(34)30-32-28(36)18-13-21(39-3)24(42-6)22(14-18)40-4/h7-14H,1-6H3,(H,29,33)(H,30,34)(H,31,35)(H,32,36). The van der Waals surface area contributed by atoms with Crippen molar-refractivity contribution in [3.05, 3.63) is 70.8 Å². The molecule has 0 radical (unpaired) electrons. The highest BCUT2D eigenvalue weighted by Crippen LogP contribution is 2.39. The molecule has 4 amide bonds. The summed E-state index contributed by atoms with van der Waals surface area (Å²) in [6.07, 6.45) is 0. The first-order chi connectivity index (χ1) is 20.2. The van der Waals surface area contributed by atoms with Gasteiger partial charge in [-0.1, -0.05) is 0 Å². The minimum absolute atomic E-state index is 0.144. The molecule has 0 atom stereocenters. The van der Waals surface area contributed by atoms with Crippen LogP contribution in [0.15, 0.2) is 48.5 Å². The second kappa shape index (κ2) is 14.1. The number of methoxy groups -OCH3 is 6. The van der Waals surface area contributed by atoms with Gasteiger partial charge in [-0.2, -0.15) is 0 Å². The normalized spacial score (nSPS) is 10.0. The molecule has 0 saturated carbocycles. The lowest BCUT2D eigenvalue weighted by atomic mass is 10.1. The van der Waals surface area contributed by atoms with Crippen molar-refractivity contribution in [2.24, 2.45) is 0 Å². The minimum atomic E-state index is -0.640. The molecule has 42 heavy (non-hydrogen) atoms. The Morgan fingerprint density at radius 3 is 0.857 bits per heavy atom. The van der Waals surface area contributed by atoms with Crippen molar-refractivity contribution in [2.75, 3.05) is 42.7 Å². The molecule has 3 rings (SSSR count). The van der Waals surface area contributed by atoms with Crippen LogP contribution in [0.2, 0.25) is 0 Å². The Bertz CT molecular complexity index is 1310. The third-order valence-corrected chi connectivity index (χ3v) is 5.84. The highest BCUT2D eigenvalue weighted by atomic mass is 16.5. The number of hydrogen-bond donors (Lipinski definition) is 4. The molecule has 0 aliphatic carbocycles. The van der Waals surface area contributed by atoms with E-state index in [0.29, 0.717) is 11.5 Å². The summed E-state index contributed by atoms with van der Waals surface area (Å²) in [7, 11) is 8.51. The van der Waals surface area contributed by atoms with E-state index in [4.69, 9.17) is 28.4 Å². The molecular weight excluding hydrogens is 552 g/mol. The van der Waals surface area contributed by atoms with Gasteiger partial charge in [-0.25, -0.2) is 0 Å². The molecular formula is C28H30N4O10. The van der Waals surface area contributed by atoms with Crippen LogP contribution in [0.5, 0.6) is 34.5 Å². The van der Waals surface area contributed by atoms with Gasteiger partial charge >= 0.3 is 0 Å². The molecule has 0 saturated heterocycles. The predicted molar refractivity (Wildman–Crippen MR) is 149 cm³/mol. The number of benzene rings is 3. The van der Waals surface area contributed by atoms with Gasteiger partial charge < -0.3 is 28.4 Å². The van der Waals surface area contributed by atoms with E-state index in [-0.39, 0.29) is 45.3 Å². The summed E-state index contributed by atoms with van der Waals surface area (Å²) >= 11 is 0. The molecule has 0 aromatic heterocycles. The summed E-state index contributed by atoms with van der Waals surface area (Å²) in [4.78, 5) is 50.3. The zero-order valence-electron chi connectivity index (χ0n) is 23.7. The SMILES string of the molecule is COc1cc(C(=O)NNC(=O)c2ccc(C(=O)NNC(=O)c3cc(OC)c(OC)c(OC)c3)cc2)cc(OC)c1OC. The zero-order chi connectivity index (χ0) is 30.8. The van der Waals surface area contributed by atoms with E-state index < -0.39 is 23.6 Å². The van der Waals surface area contributed by atoms with Gasteiger partial charge in [0.25, 0.3) is 23.6 Å². The van der Waals surface area contributed by atoms with Crippen molar-refractivity contribution in [2.45, 2.75) is 0 Å². The van der Waals surface area contributed by atoms with E-state index in [2.05, 4.69) is 21.7 Å². The zero-order valence-corrected chi connectivity index (χ0v) is 23.7. The molecule has 4 N–H and O–H groups in total.